The van der Waals surface area contributed by atoms with E-state index in [0.717, 1.165) is 18.8 Å². The Bertz CT molecular complexity index is 722. The Hall–Kier alpha value is -2.20. The van der Waals surface area contributed by atoms with Gasteiger partial charge in [-0.05, 0) is 41.8 Å². The van der Waals surface area contributed by atoms with Gasteiger partial charge in [0.1, 0.15) is 0 Å². The van der Waals surface area contributed by atoms with Crippen molar-refractivity contribution in [2.45, 2.75) is 19.8 Å². The van der Waals surface area contributed by atoms with Gasteiger partial charge in [0.05, 0.1) is 0 Å². The van der Waals surface area contributed by atoms with E-state index in [1.54, 1.807) is 12.1 Å². The first kappa shape index (κ1) is 17.6. The maximum Gasteiger partial charge on any atom is 0.321 e. The number of urea groups is 1. The number of piperazine rings is 1. The van der Waals surface area contributed by atoms with Crippen molar-refractivity contribution in [1.82, 2.24) is 4.90 Å². The Morgan fingerprint density at radius 1 is 1.00 bits per heavy atom. The summed E-state index contributed by atoms with van der Waals surface area (Å²) in [5.41, 5.74) is 3.42. The molecular weight excluding hydrogens is 334 g/mol. The highest BCUT2D eigenvalue weighted by Crippen LogP contribution is 2.28. The third kappa shape index (κ3) is 4.26. The van der Waals surface area contributed by atoms with Gasteiger partial charge in [0.2, 0.25) is 0 Å². The minimum absolute atomic E-state index is 0.0564. The van der Waals surface area contributed by atoms with Crippen LogP contribution in [0.4, 0.5) is 16.2 Å². The highest BCUT2D eigenvalue weighted by Gasteiger charge is 2.23. The van der Waals surface area contributed by atoms with Gasteiger partial charge in [-0.3, -0.25) is 0 Å². The van der Waals surface area contributed by atoms with E-state index in [1.165, 1.54) is 11.3 Å². The average Bonchev–Trinajstić information content (AvgIpc) is 2.63. The zero-order valence-corrected chi connectivity index (χ0v) is 15.5. The van der Waals surface area contributed by atoms with Crippen molar-refractivity contribution in [3.05, 3.63) is 59.1 Å². The molecule has 0 saturated carbocycles. The molecule has 1 N–H and O–H groups in total. The lowest BCUT2D eigenvalue weighted by Gasteiger charge is -2.37. The van der Waals surface area contributed by atoms with Crippen LogP contribution in [0.15, 0.2) is 48.5 Å². The first-order chi connectivity index (χ1) is 12.0. The molecule has 1 aliphatic heterocycles. The molecule has 1 fully saturated rings. The number of hydrogen-bond acceptors (Lipinski definition) is 2. The number of carbonyl (C=O) groups excluding carboxylic acids is 1. The number of halogens is 1. The number of nitrogens with zero attached hydrogens (tertiary/aromatic N) is 2. The topological polar surface area (TPSA) is 35.6 Å². The molecule has 0 aliphatic carbocycles. The molecule has 4 nitrogen and oxygen atoms in total. The monoisotopic (exact) mass is 357 g/mol. The van der Waals surface area contributed by atoms with E-state index in [1.807, 2.05) is 17.0 Å². The Labute approximate surface area is 154 Å². The maximum absolute atomic E-state index is 12.4. The fourth-order valence-electron chi connectivity index (χ4n) is 3.15. The second kappa shape index (κ2) is 7.79. The summed E-state index contributed by atoms with van der Waals surface area (Å²) in [6.07, 6.45) is 0. The lowest BCUT2D eigenvalue weighted by atomic mass is 10.00. The molecule has 1 saturated heterocycles. The Kier molecular flexibility index (Phi) is 5.49. The number of hydrogen-bond donors (Lipinski definition) is 1. The van der Waals surface area contributed by atoms with Crippen LogP contribution in [0.25, 0.3) is 0 Å². The summed E-state index contributed by atoms with van der Waals surface area (Å²) in [4.78, 5) is 16.7. The summed E-state index contributed by atoms with van der Waals surface area (Å²) in [5, 5.41) is 3.60. The summed E-state index contributed by atoms with van der Waals surface area (Å²) in [6.45, 7) is 7.55. The molecule has 0 atom stereocenters. The van der Waals surface area contributed by atoms with Gasteiger partial charge in [0.15, 0.2) is 0 Å². The molecule has 1 aliphatic rings. The van der Waals surface area contributed by atoms with Crippen LogP contribution in [0, 0.1) is 0 Å². The summed E-state index contributed by atoms with van der Waals surface area (Å²) in [7, 11) is 0. The van der Waals surface area contributed by atoms with Crippen LogP contribution < -0.4 is 10.2 Å². The lowest BCUT2D eigenvalue weighted by Crippen LogP contribution is -2.50. The van der Waals surface area contributed by atoms with Crippen LogP contribution >= 0.6 is 11.6 Å². The van der Waals surface area contributed by atoms with Crippen molar-refractivity contribution in [3.63, 3.8) is 0 Å². The van der Waals surface area contributed by atoms with Crippen LogP contribution in [0.5, 0.6) is 0 Å². The second-order valence-electron chi connectivity index (χ2n) is 6.62. The number of benzene rings is 2. The molecule has 2 aromatic carbocycles. The first-order valence-electron chi connectivity index (χ1n) is 8.70. The predicted molar refractivity (Wildman–Crippen MR) is 105 cm³/mol. The number of amides is 2. The van der Waals surface area contributed by atoms with Gasteiger partial charge in [-0.2, -0.15) is 0 Å². The average molecular weight is 358 g/mol. The minimum atomic E-state index is -0.0564. The van der Waals surface area contributed by atoms with Crippen molar-refractivity contribution >= 4 is 29.0 Å². The summed E-state index contributed by atoms with van der Waals surface area (Å²) in [5.74, 6) is 0.488. The Morgan fingerprint density at radius 2 is 1.64 bits per heavy atom. The third-order valence-electron chi connectivity index (χ3n) is 4.56. The highest BCUT2D eigenvalue weighted by atomic mass is 35.5. The molecule has 0 aromatic heterocycles. The van der Waals surface area contributed by atoms with Crippen LogP contribution in [0.3, 0.4) is 0 Å². The molecule has 0 radical (unpaired) electrons. The molecular formula is C20H24ClN3O. The normalized spacial score (nSPS) is 14.7. The van der Waals surface area contributed by atoms with Crippen molar-refractivity contribution in [2.75, 3.05) is 36.4 Å². The second-order valence-corrected chi connectivity index (χ2v) is 7.06. The van der Waals surface area contributed by atoms with Gasteiger partial charge >= 0.3 is 6.03 Å². The molecule has 1 heterocycles. The summed E-state index contributed by atoms with van der Waals surface area (Å²) < 4.78 is 0. The van der Waals surface area contributed by atoms with Crippen LogP contribution in [-0.2, 0) is 0 Å². The molecule has 0 spiro atoms. The van der Waals surface area contributed by atoms with Crippen LogP contribution in [0.1, 0.15) is 25.3 Å². The van der Waals surface area contributed by atoms with E-state index in [-0.39, 0.29) is 6.03 Å². The number of nitrogens with one attached hydrogen (secondary N) is 1. The SMILES string of the molecule is CC(C)c1ccccc1N1CCN(C(=O)Nc2ccc(Cl)cc2)CC1. The zero-order valence-electron chi connectivity index (χ0n) is 14.7. The predicted octanol–water partition coefficient (Wildman–Crippen LogP) is 4.82. The third-order valence-corrected chi connectivity index (χ3v) is 4.81. The van der Waals surface area contributed by atoms with Crippen molar-refractivity contribution in [1.29, 1.82) is 0 Å². The van der Waals surface area contributed by atoms with Crippen LogP contribution in [0.2, 0.25) is 5.02 Å². The molecule has 0 bridgehead atoms. The molecule has 3 rings (SSSR count). The molecule has 2 amide bonds. The van der Waals surface area contributed by atoms with Gasteiger partial charge in [-0.25, -0.2) is 4.79 Å². The summed E-state index contributed by atoms with van der Waals surface area (Å²) >= 11 is 5.88. The van der Waals surface area contributed by atoms with Gasteiger partial charge in [-0.15, -0.1) is 0 Å². The minimum Gasteiger partial charge on any atom is -0.368 e. The number of rotatable bonds is 3. The highest BCUT2D eigenvalue weighted by molar-refractivity contribution is 6.30. The fraction of sp³-hybridized carbons (Fsp3) is 0.350. The largest absolute Gasteiger partial charge is 0.368 e. The van der Waals surface area contributed by atoms with Crippen molar-refractivity contribution < 1.29 is 4.79 Å². The Morgan fingerprint density at radius 3 is 2.28 bits per heavy atom. The van der Waals surface area contributed by atoms with E-state index in [4.69, 9.17) is 11.6 Å². The van der Waals surface area contributed by atoms with Crippen LogP contribution in [-0.4, -0.2) is 37.1 Å². The number of carbonyl (C=O) groups is 1. The van der Waals surface area contributed by atoms with Crippen molar-refractivity contribution in [3.8, 4) is 0 Å². The van der Waals surface area contributed by atoms with E-state index in [9.17, 15) is 4.79 Å². The molecule has 2 aromatic rings. The van der Waals surface area contributed by atoms with Gasteiger partial charge in [0.25, 0.3) is 0 Å². The molecule has 25 heavy (non-hydrogen) atoms. The fourth-order valence-corrected chi connectivity index (χ4v) is 3.28. The van der Waals surface area contributed by atoms with E-state index < -0.39 is 0 Å². The molecule has 0 unspecified atom stereocenters. The maximum atomic E-state index is 12.4. The zero-order chi connectivity index (χ0) is 17.8. The van der Waals surface area contributed by atoms with E-state index in [0.29, 0.717) is 24.0 Å². The number of anilines is 2. The van der Waals surface area contributed by atoms with Gasteiger partial charge < -0.3 is 15.1 Å². The van der Waals surface area contributed by atoms with Crippen molar-refractivity contribution in [2.24, 2.45) is 0 Å². The quantitative estimate of drug-likeness (QED) is 0.854. The molecule has 5 heteroatoms. The standard InChI is InChI=1S/C20H24ClN3O/c1-15(2)18-5-3-4-6-19(18)23-11-13-24(14-12-23)20(25)22-17-9-7-16(21)8-10-17/h3-10,15H,11-14H2,1-2H3,(H,22,25). The summed E-state index contributed by atoms with van der Waals surface area (Å²) in [6, 6.07) is 15.7. The Balaban J connectivity index is 1.60. The van der Waals surface area contributed by atoms with Gasteiger partial charge in [0, 0.05) is 42.6 Å². The lowest BCUT2D eigenvalue weighted by molar-refractivity contribution is 0.208. The molecule has 132 valence electrons. The first-order valence-corrected chi connectivity index (χ1v) is 9.08. The van der Waals surface area contributed by atoms with Gasteiger partial charge in [-0.1, -0.05) is 43.6 Å². The smallest absolute Gasteiger partial charge is 0.321 e. The number of para-hydroxylation sites is 1. The van der Waals surface area contributed by atoms with E-state index in [2.05, 4.69) is 48.3 Å². The van der Waals surface area contributed by atoms with E-state index >= 15 is 0 Å².